The van der Waals surface area contributed by atoms with E-state index in [0.717, 1.165) is 42.0 Å². The summed E-state index contributed by atoms with van der Waals surface area (Å²) in [5.74, 6) is 0.738. The molecule has 1 aromatic heterocycles. The molecule has 1 N–H and O–H groups in total. The Morgan fingerprint density at radius 2 is 2.05 bits per heavy atom. The molecule has 2 aliphatic carbocycles. The van der Waals surface area contributed by atoms with Crippen molar-refractivity contribution in [2.24, 2.45) is 5.92 Å². The van der Waals surface area contributed by atoms with E-state index in [1.807, 2.05) is 0 Å². The number of hydrogen-bond donors (Lipinski definition) is 1. The summed E-state index contributed by atoms with van der Waals surface area (Å²) < 4.78 is 37.7. The van der Waals surface area contributed by atoms with Crippen LogP contribution < -0.4 is 5.32 Å². The van der Waals surface area contributed by atoms with E-state index in [9.17, 15) is 13.2 Å². The molecule has 19 heavy (non-hydrogen) atoms. The minimum absolute atomic E-state index is 0.264. The fourth-order valence-corrected chi connectivity index (χ4v) is 3.86. The van der Waals surface area contributed by atoms with E-state index in [1.165, 1.54) is 19.0 Å². The summed E-state index contributed by atoms with van der Waals surface area (Å²) in [7, 11) is 0. The molecule has 3 rings (SSSR count). The number of nitrogens with one attached hydrogen (secondary N) is 1. The van der Waals surface area contributed by atoms with Gasteiger partial charge in [-0.15, -0.1) is 11.3 Å². The van der Waals surface area contributed by atoms with Gasteiger partial charge < -0.3 is 5.32 Å². The van der Waals surface area contributed by atoms with Crippen molar-refractivity contribution in [2.45, 2.75) is 50.2 Å². The van der Waals surface area contributed by atoms with Gasteiger partial charge in [-0.05, 0) is 44.1 Å². The van der Waals surface area contributed by atoms with Gasteiger partial charge in [-0.3, -0.25) is 0 Å². The molecular weight excluding hydrogens is 273 g/mol. The molecule has 0 bridgehead atoms. The van der Waals surface area contributed by atoms with Gasteiger partial charge in [-0.2, -0.15) is 13.2 Å². The van der Waals surface area contributed by atoms with Crippen LogP contribution in [0.2, 0.25) is 0 Å². The molecule has 2 aliphatic rings. The van der Waals surface area contributed by atoms with E-state index in [0.29, 0.717) is 12.0 Å². The van der Waals surface area contributed by atoms with Gasteiger partial charge in [0.15, 0.2) is 5.01 Å². The van der Waals surface area contributed by atoms with Crippen LogP contribution in [0.1, 0.15) is 47.9 Å². The van der Waals surface area contributed by atoms with Crippen molar-refractivity contribution in [1.29, 1.82) is 0 Å². The van der Waals surface area contributed by atoms with E-state index >= 15 is 0 Å². The van der Waals surface area contributed by atoms with Gasteiger partial charge in [-0.1, -0.05) is 6.42 Å². The van der Waals surface area contributed by atoms with E-state index in [2.05, 4.69) is 10.3 Å². The summed E-state index contributed by atoms with van der Waals surface area (Å²) in [6, 6.07) is 0.661. The van der Waals surface area contributed by atoms with E-state index < -0.39 is 11.2 Å². The molecule has 2 nitrogen and oxygen atoms in total. The predicted molar refractivity (Wildman–Crippen MR) is 68.2 cm³/mol. The molecule has 6 heteroatoms. The first kappa shape index (κ1) is 13.4. The number of nitrogens with zero attached hydrogens (tertiary/aromatic N) is 1. The highest BCUT2D eigenvalue weighted by molar-refractivity contribution is 7.11. The van der Waals surface area contributed by atoms with Gasteiger partial charge in [0.1, 0.15) is 0 Å². The van der Waals surface area contributed by atoms with Gasteiger partial charge in [0, 0.05) is 17.1 Å². The second-order valence-corrected chi connectivity index (χ2v) is 6.61. The fourth-order valence-electron chi connectivity index (χ4n) is 2.85. The maximum atomic E-state index is 12.6. The van der Waals surface area contributed by atoms with Gasteiger partial charge in [0.05, 0.1) is 0 Å². The number of halogens is 3. The lowest BCUT2D eigenvalue weighted by Crippen LogP contribution is -2.25. The SMILES string of the molecule is FC(F)(F)c1ncc(C2CCCC2CNC2CC2)s1. The Balaban J connectivity index is 1.67. The summed E-state index contributed by atoms with van der Waals surface area (Å²) in [5, 5.41) is 2.79. The lowest BCUT2D eigenvalue weighted by molar-refractivity contribution is -0.137. The molecule has 0 aromatic carbocycles. The van der Waals surface area contributed by atoms with Crippen molar-refractivity contribution in [3.05, 3.63) is 16.1 Å². The minimum atomic E-state index is -4.30. The smallest absolute Gasteiger partial charge is 0.314 e. The summed E-state index contributed by atoms with van der Waals surface area (Å²) in [6.45, 7) is 0.939. The van der Waals surface area contributed by atoms with E-state index in [-0.39, 0.29) is 5.92 Å². The molecule has 2 unspecified atom stereocenters. The van der Waals surface area contributed by atoms with Crippen LogP contribution in [0.3, 0.4) is 0 Å². The van der Waals surface area contributed by atoms with Crippen molar-refractivity contribution in [1.82, 2.24) is 10.3 Å². The Morgan fingerprint density at radius 1 is 1.26 bits per heavy atom. The van der Waals surface area contributed by atoms with Crippen LogP contribution >= 0.6 is 11.3 Å². The Bertz CT molecular complexity index is 439. The van der Waals surface area contributed by atoms with Gasteiger partial charge >= 0.3 is 6.18 Å². The Labute approximate surface area is 114 Å². The highest BCUT2D eigenvalue weighted by Gasteiger charge is 2.37. The molecule has 0 spiro atoms. The standard InChI is InChI=1S/C13H17F3N2S/c14-13(15,16)12-18-7-11(19-12)10-3-1-2-8(10)6-17-9-4-5-9/h7-10,17H,1-6H2. The highest BCUT2D eigenvalue weighted by atomic mass is 32.1. The van der Waals surface area contributed by atoms with Crippen LogP contribution in [0.4, 0.5) is 13.2 Å². The first-order valence-corrected chi connectivity index (χ1v) is 7.62. The zero-order chi connectivity index (χ0) is 13.5. The maximum Gasteiger partial charge on any atom is 0.443 e. The molecule has 2 fully saturated rings. The van der Waals surface area contributed by atoms with Crippen LogP contribution in [0, 0.1) is 5.92 Å². The average molecular weight is 290 g/mol. The molecule has 0 saturated heterocycles. The normalized spacial score (nSPS) is 27.9. The average Bonchev–Trinajstić information content (AvgIpc) is 2.87. The molecule has 0 amide bonds. The lowest BCUT2D eigenvalue weighted by atomic mass is 9.95. The van der Waals surface area contributed by atoms with Crippen molar-refractivity contribution in [3.8, 4) is 0 Å². The van der Waals surface area contributed by atoms with E-state index in [4.69, 9.17) is 0 Å². The third-order valence-corrected chi connectivity index (χ3v) is 5.21. The number of rotatable bonds is 4. The zero-order valence-electron chi connectivity index (χ0n) is 10.5. The van der Waals surface area contributed by atoms with Gasteiger partial charge in [-0.25, -0.2) is 4.98 Å². The van der Waals surface area contributed by atoms with E-state index in [1.54, 1.807) is 0 Å². The Morgan fingerprint density at radius 3 is 2.68 bits per heavy atom. The molecular formula is C13H17F3N2S. The topological polar surface area (TPSA) is 24.9 Å². The Kier molecular flexibility index (Phi) is 3.55. The number of thiazole rings is 1. The molecule has 106 valence electrons. The van der Waals surface area contributed by atoms with Crippen LogP contribution in [-0.4, -0.2) is 17.6 Å². The first-order chi connectivity index (χ1) is 9.04. The van der Waals surface area contributed by atoms with Gasteiger partial charge in [0.25, 0.3) is 0 Å². The zero-order valence-corrected chi connectivity index (χ0v) is 11.4. The van der Waals surface area contributed by atoms with Crippen molar-refractivity contribution < 1.29 is 13.2 Å². The van der Waals surface area contributed by atoms with Crippen LogP contribution in [0.25, 0.3) is 0 Å². The summed E-state index contributed by atoms with van der Waals surface area (Å²) >= 11 is 0.827. The molecule has 0 radical (unpaired) electrons. The lowest BCUT2D eigenvalue weighted by Gasteiger charge is -2.18. The van der Waals surface area contributed by atoms with Gasteiger partial charge in [0.2, 0.25) is 0 Å². The van der Waals surface area contributed by atoms with Crippen LogP contribution in [0.5, 0.6) is 0 Å². The number of aromatic nitrogens is 1. The molecule has 2 saturated carbocycles. The molecule has 0 aliphatic heterocycles. The minimum Gasteiger partial charge on any atom is -0.314 e. The third-order valence-electron chi connectivity index (χ3n) is 4.04. The third kappa shape index (κ3) is 3.11. The second-order valence-electron chi connectivity index (χ2n) is 5.55. The quantitative estimate of drug-likeness (QED) is 0.912. The molecule has 1 heterocycles. The number of alkyl halides is 3. The van der Waals surface area contributed by atoms with Crippen LogP contribution in [0.15, 0.2) is 6.20 Å². The van der Waals surface area contributed by atoms with Crippen LogP contribution in [-0.2, 0) is 6.18 Å². The number of hydrogen-bond acceptors (Lipinski definition) is 3. The Hall–Kier alpha value is -0.620. The van der Waals surface area contributed by atoms with Crippen molar-refractivity contribution in [3.63, 3.8) is 0 Å². The van der Waals surface area contributed by atoms with Crippen molar-refractivity contribution >= 4 is 11.3 Å². The summed E-state index contributed by atoms with van der Waals surface area (Å²) in [6.07, 6.45) is 2.85. The predicted octanol–water partition coefficient (Wildman–Crippen LogP) is 3.80. The van der Waals surface area contributed by atoms with Crippen molar-refractivity contribution in [2.75, 3.05) is 6.54 Å². The monoisotopic (exact) mass is 290 g/mol. The second kappa shape index (κ2) is 5.05. The fraction of sp³-hybridized carbons (Fsp3) is 0.769. The largest absolute Gasteiger partial charge is 0.443 e. The summed E-state index contributed by atoms with van der Waals surface area (Å²) in [5.41, 5.74) is 0. The highest BCUT2D eigenvalue weighted by Crippen LogP contribution is 2.43. The first-order valence-electron chi connectivity index (χ1n) is 6.80. The molecule has 1 aromatic rings. The molecule has 2 atom stereocenters. The summed E-state index contributed by atoms with van der Waals surface area (Å²) in [4.78, 5) is 4.36. The maximum absolute atomic E-state index is 12.6.